The van der Waals surface area contributed by atoms with Gasteiger partial charge in [0.2, 0.25) is 0 Å². The first kappa shape index (κ1) is 25.7. The Morgan fingerprint density at radius 1 is 1.26 bits per heavy atom. The highest BCUT2D eigenvalue weighted by Crippen LogP contribution is 2.52. The number of hydrogen-bond acceptors (Lipinski definition) is 4. The third-order valence-electron chi connectivity index (χ3n) is 5.92. The summed E-state index contributed by atoms with van der Waals surface area (Å²) in [5.41, 5.74) is 1.51. The summed E-state index contributed by atoms with van der Waals surface area (Å²) in [5.74, 6) is 1.41. The molecule has 31 heavy (non-hydrogen) atoms. The molecule has 7 nitrogen and oxygen atoms in total. The Hall–Kier alpha value is -1.55. The summed E-state index contributed by atoms with van der Waals surface area (Å²) in [6.07, 6.45) is 1.89. The smallest absolute Gasteiger partial charge is 0.412 e. The quantitative estimate of drug-likeness (QED) is 0.295. The Labute approximate surface area is 203 Å². The van der Waals surface area contributed by atoms with E-state index < -0.39 is 11.7 Å². The van der Waals surface area contributed by atoms with Crippen LogP contribution in [0.5, 0.6) is 0 Å². The van der Waals surface area contributed by atoms with Crippen LogP contribution in [-0.2, 0) is 15.9 Å². The van der Waals surface area contributed by atoms with Crippen LogP contribution in [0.2, 0.25) is 0 Å². The van der Waals surface area contributed by atoms with E-state index in [1.54, 1.807) is 7.05 Å². The van der Waals surface area contributed by atoms with Crippen LogP contribution in [0.4, 0.5) is 10.5 Å². The summed E-state index contributed by atoms with van der Waals surface area (Å²) in [6.45, 7) is 11.7. The predicted molar refractivity (Wildman–Crippen MR) is 135 cm³/mol. The molecule has 3 unspecified atom stereocenters. The van der Waals surface area contributed by atoms with Gasteiger partial charge in [-0.15, -0.1) is 24.0 Å². The van der Waals surface area contributed by atoms with Gasteiger partial charge in [0.05, 0.1) is 6.10 Å². The van der Waals surface area contributed by atoms with E-state index in [0.717, 1.165) is 37.6 Å². The van der Waals surface area contributed by atoms with Gasteiger partial charge in [-0.1, -0.05) is 26.0 Å². The molecular weight excluding hydrogens is 507 g/mol. The minimum Gasteiger partial charge on any atom is -0.444 e. The number of hydrogen-bond donors (Lipinski definition) is 3. The van der Waals surface area contributed by atoms with Gasteiger partial charge in [0.1, 0.15) is 5.60 Å². The molecule has 0 bridgehead atoms. The van der Waals surface area contributed by atoms with E-state index >= 15 is 0 Å². The summed E-state index contributed by atoms with van der Waals surface area (Å²) in [5, 5.41) is 9.77. The van der Waals surface area contributed by atoms with Crippen LogP contribution >= 0.6 is 24.0 Å². The summed E-state index contributed by atoms with van der Waals surface area (Å²) < 4.78 is 11.1. The number of aliphatic imine (C=N–C) groups is 1. The summed E-state index contributed by atoms with van der Waals surface area (Å²) >= 11 is 0. The number of nitrogens with one attached hydrogen (secondary N) is 3. The molecule has 1 aliphatic heterocycles. The largest absolute Gasteiger partial charge is 0.444 e. The highest BCUT2D eigenvalue weighted by atomic mass is 127. The molecule has 1 aromatic rings. The predicted octanol–water partition coefficient (Wildman–Crippen LogP) is 4.17. The number of ether oxygens (including phenoxy) is 2. The molecule has 174 valence electrons. The minimum atomic E-state index is -0.511. The molecule has 8 heteroatoms. The van der Waals surface area contributed by atoms with Crippen molar-refractivity contribution in [3.8, 4) is 0 Å². The van der Waals surface area contributed by atoms with Crippen LogP contribution in [0.15, 0.2) is 29.3 Å². The zero-order chi connectivity index (χ0) is 21.9. The fourth-order valence-corrected chi connectivity index (χ4v) is 4.46. The molecule has 1 aromatic carbocycles. The fourth-order valence-electron chi connectivity index (χ4n) is 4.46. The molecule has 1 saturated carbocycles. The Bertz CT molecular complexity index is 774. The number of amides is 1. The van der Waals surface area contributed by atoms with Gasteiger partial charge < -0.3 is 20.1 Å². The van der Waals surface area contributed by atoms with Crippen molar-refractivity contribution in [2.75, 3.05) is 25.5 Å². The van der Waals surface area contributed by atoms with Gasteiger partial charge in [-0.05, 0) is 51.3 Å². The van der Waals surface area contributed by atoms with Crippen molar-refractivity contribution in [2.24, 2.45) is 16.3 Å². The number of fused-ring (bicyclic) bond motifs is 1. The topological polar surface area (TPSA) is 84.0 Å². The average Bonchev–Trinajstić information content (AvgIpc) is 3.11. The summed E-state index contributed by atoms with van der Waals surface area (Å²) in [6, 6.07) is 8.20. The zero-order valence-corrected chi connectivity index (χ0v) is 21.8. The Morgan fingerprint density at radius 3 is 2.55 bits per heavy atom. The van der Waals surface area contributed by atoms with Crippen molar-refractivity contribution >= 4 is 41.7 Å². The van der Waals surface area contributed by atoms with E-state index in [2.05, 4.69) is 34.8 Å². The van der Waals surface area contributed by atoms with Gasteiger partial charge in [0, 0.05) is 43.3 Å². The molecule has 1 heterocycles. The van der Waals surface area contributed by atoms with Crippen LogP contribution in [0.1, 0.15) is 46.6 Å². The maximum atomic E-state index is 11.9. The second-order valence-electron chi connectivity index (χ2n) is 9.76. The fraction of sp³-hybridized carbons (Fsp3) is 0.652. The van der Waals surface area contributed by atoms with Crippen molar-refractivity contribution in [1.29, 1.82) is 0 Å². The van der Waals surface area contributed by atoms with Crippen molar-refractivity contribution in [3.05, 3.63) is 29.8 Å². The number of benzene rings is 1. The normalized spacial score (nSPS) is 24.3. The Balaban J connectivity index is 0.00000341. The molecule has 1 saturated heterocycles. The molecule has 2 fully saturated rings. The molecule has 3 rings (SSSR count). The van der Waals surface area contributed by atoms with Crippen LogP contribution in [-0.4, -0.2) is 50.0 Å². The molecule has 1 amide bonds. The number of guanidine groups is 1. The van der Waals surface area contributed by atoms with E-state index in [0.29, 0.717) is 18.1 Å². The van der Waals surface area contributed by atoms with E-state index in [-0.39, 0.29) is 29.4 Å². The molecule has 2 aliphatic rings. The zero-order valence-electron chi connectivity index (χ0n) is 19.5. The maximum Gasteiger partial charge on any atom is 0.412 e. The van der Waals surface area contributed by atoms with Crippen LogP contribution in [0, 0.1) is 11.3 Å². The molecular formula is C23H37IN4O3. The van der Waals surface area contributed by atoms with Crippen molar-refractivity contribution < 1.29 is 14.3 Å². The van der Waals surface area contributed by atoms with E-state index in [9.17, 15) is 4.79 Å². The first-order valence-corrected chi connectivity index (χ1v) is 10.8. The number of halogens is 1. The number of rotatable bonds is 5. The third kappa shape index (κ3) is 6.47. The minimum absolute atomic E-state index is 0. The lowest BCUT2D eigenvalue weighted by molar-refractivity contribution is -0.106. The van der Waals surface area contributed by atoms with Crippen LogP contribution in [0.3, 0.4) is 0 Å². The second kappa shape index (κ2) is 10.4. The number of anilines is 1. The lowest BCUT2D eigenvalue weighted by Crippen LogP contribution is -2.68. The molecule has 1 aliphatic carbocycles. The Morgan fingerprint density at radius 2 is 1.94 bits per heavy atom. The highest BCUT2D eigenvalue weighted by molar-refractivity contribution is 14.0. The first-order chi connectivity index (χ1) is 14.1. The van der Waals surface area contributed by atoms with Gasteiger partial charge in [-0.25, -0.2) is 4.79 Å². The molecule has 0 radical (unpaired) electrons. The standard InChI is InChI=1S/C23H36N4O3.HI/c1-22(2,3)30-21(28)26-16-9-7-15(8-10-16)11-13-25-20(24-6)27-18-17-12-14-29-19(17)23(18,4)5;/h7-10,17-19H,11-14H2,1-6H3,(H,26,28)(H2,24,25,27);1H. The molecule has 0 spiro atoms. The van der Waals surface area contributed by atoms with Gasteiger partial charge in [0.25, 0.3) is 0 Å². The number of nitrogens with zero attached hydrogens (tertiary/aromatic N) is 1. The maximum absolute atomic E-state index is 11.9. The molecule has 3 atom stereocenters. The highest BCUT2D eigenvalue weighted by Gasteiger charge is 2.59. The number of carbonyl (C=O) groups is 1. The van der Waals surface area contributed by atoms with Gasteiger partial charge in [-0.3, -0.25) is 10.3 Å². The van der Waals surface area contributed by atoms with Gasteiger partial charge in [-0.2, -0.15) is 0 Å². The van der Waals surface area contributed by atoms with Crippen LogP contribution < -0.4 is 16.0 Å². The van der Waals surface area contributed by atoms with Gasteiger partial charge in [0.15, 0.2) is 5.96 Å². The second-order valence-corrected chi connectivity index (χ2v) is 9.76. The van der Waals surface area contributed by atoms with E-state index in [4.69, 9.17) is 9.47 Å². The first-order valence-electron chi connectivity index (χ1n) is 10.8. The summed E-state index contributed by atoms with van der Waals surface area (Å²) in [7, 11) is 1.81. The SMILES string of the molecule is CN=C(NCCc1ccc(NC(=O)OC(C)(C)C)cc1)NC1C2CCOC2C1(C)C.I. The van der Waals surface area contributed by atoms with E-state index in [1.165, 1.54) is 5.56 Å². The average molecular weight is 544 g/mol. The molecule has 3 N–H and O–H groups in total. The molecule has 0 aromatic heterocycles. The summed E-state index contributed by atoms with van der Waals surface area (Å²) in [4.78, 5) is 16.2. The van der Waals surface area contributed by atoms with E-state index in [1.807, 2.05) is 45.0 Å². The monoisotopic (exact) mass is 544 g/mol. The lowest BCUT2D eigenvalue weighted by atomic mass is 9.57. The lowest BCUT2D eigenvalue weighted by Gasteiger charge is -2.54. The van der Waals surface area contributed by atoms with Crippen molar-refractivity contribution in [1.82, 2.24) is 10.6 Å². The number of carbonyl (C=O) groups excluding carboxylic acids is 1. The van der Waals surface area contributed by atoms with Gasteiger partial charge >= 0.3 is 6.09 Å². The Kier molecular flexibility index (Phi) is 8.61. The van der Waals surface area contributed by atoms with Crippen LogP contribution in [0.25, 0.3) is 0 Å². The van der Waals surface area contributed by atoms with Crippen molar-refractivity contribution in [2.45, 2.75) is 65.2 Å². The third-order valence-corrected chi connectivity index (χ3v) is 5.92. The van der Waals surface area contributed by atoms with Crippen molar-refractivity contribution in [3.63, 3.8) is 0 Å².